The van der Waals surface area contributed by atoms with Crippen molar-refractivity contribution in [1.29, 1.82) is 0 Å². The molecule has 11 nitrogen and oxygen atoms in total. The third-order valence-corrected chi connectivity index (χ3v) is 8.59. The summed E-state index contributed by atoms with van der Waals surface area (Å²) in [4.78, 5) is 49.2. The van der Waals surface area contributed by atoms with E-state index in [1.807, 2.05) is 28.0 Å². The van der Waals surface area contributed by atoms with E-state index in [1.54, 1.807) is 23.4 Å². The maximum absolute atomic E-state index is 13.9. The van der Waals surface area contributed by atoms with Gasteiger partial charge in [0.05, 0.1) is 31.5 Å². The fraction of sp³-hybridized carbons (Fsp3) is 0.548. The Morgan fingerprint density at radius 2 is 2.10 bits per heavy atom. The largest absolute Gasteiger partial charge is 0.493 e. The van der Waals surface area contributed by atoms with Gasteiger partial charge in [-0.25, -0.2) is 0 Å². The Morgan fingerprint density at radius 1 is 1.24 bits per heavy atom. The molecule has 0 aliphatic carbocycles. The number of hydrogen-bond acceptors (Lipinski definition) is 8. The van der Waals surface area contributed by atoms with E-state index in [0.717, 1.165) is 36.9 Å². The smallest absolute Gasteiger partial charge is 0.308 e. The number of rotatable bonds is 12. The zero-order valence-corrected chi connectivity index (χ0v) is 24.4. The van der Waals surface area contributed by atoms with Gasteiger partial charge in [0.1, 0.15) is 0 Å². The van der Waals surface area contributed by atoms with Crippen molar-refractivity contribution in [3.63, 3.8) is 0 Å². The topological polar surface area (TPSA) is 122 Å². The number of carboxylic acid groups (broad SMARTS) is 1. The number of carboxylic acids is 1. The first-order valence-electron chi connectivity index (χ1n) is 14.8. The number of carbonyl (C=O) groups excluding carboxylic acids is 2. The third kappa shape index (κ3) is 6.30. The van der Waals surface area contributed by atoms with E-state index in [1.165, 1.54) is 7.11 Å². The maximum Gasteiger partial charge on any atom is 0.308 e. The minimum absolute atomic E-state index is 0.0548. The second-order valence-corrected chi connectivity index (χ2v) is 11.2. The van der Waals surface area contributed by atoms with E-state index in [0.29, 0.717) is 56.3 Å². The molecule has 2 fully saturated rings. The minimum atomic E-state index is -0.934. The SMILES string of the molecule is CCCCN(C(=O)CN1C[C@H](c2cc(OC)c3c(c2)OCO3)[C@@H](C(=O)O)[C@@H]1CCN1CCCCC1=O)c1cccnc1. The molecule has 0 spiro atoms. The van der Waals surface area contributed by atoms with Crippen molar-refractivity contribution in [2.45, 2.75) is 57.4 Å². The molecule has 3 atom stereocenters. The summed E-state index contributed by atoms with van der Waals surface area (Å²) in [6, 6.07) is 6.86. The number of hydrogen-bond donors (Lipinski definition) is 1. The predicted octanol–water partition coefficient (Wildman–Crippen LogP) is 3.52. The standard InChI is InChI=1S/C31H40N4O7/c1-3-4-13-35(22-8-7-11-32-17-22)28(37)19-34-18-23(21-15-25(40-2)30-26(16-21)41-20-42-30)29(31(38)39)24(34)10-14-33-12-6-5-9-27(33)36/h7-8,11,15-17,23-24,29H,3-6,9-10,12-14,18-20H2,1-2H3,(H,38,39)/t23-,24+,29-/m1/s1. The van der Waals surface area contributed by atoms with Crippen molar-refractivity contribution < 1.29 is 33.7 Å². The van der Waals surface area contributed by atoms with Gasteiger partial charge < -0.3 is 29.1 Å². The highest BCUT2D eigenvalue weighted by Crippen LogP contribution is 2.47. The zero-order valence-electron chi connectivity index (χ0n) is 24.4. The Morgan fingerprint density at radius 3 is 2.81 bits per heavy atom. The molecule has 42 heavy (non-hydrogen) atoms. The highest BCUT2D eigenvalue weighted by molar-refractivity contribution is 5.94. The Bertz CT molecular complexity index is 1270. The molecule has 2 amide bonds. The molecule has 1 aromatic carbocycles. The molecular formula is C31H40N4O7. The van der Waals surface area contributed by atoms with Gasteiger partial charge >= 0.3 is 5.97 Å². The number of likely N-dealkylation sites (tertiary alicyclic amines) is 2. The molecule has 0 saturated carbocycles. The number of aromatic nitrogens is 1. The van der Waals surface area contributed by atoms with Gasteiger partial charge in [0.2, 0.25) is 24.4 Å². The molecule has 3 aliphatic heterocycles. The van der Waals surface area contributed by atoms with Gasteiger partial charge in [-0.1, -0.05) is 13.3 Å². The molecule has 1 aromatic heterocycles. The lowest BCUT2D eigenvalue weighted by Crippen LogP contribution is -2.46. The first-order valence-corrected chi connectivity index (χ1v) is 14.8. The maximum atomic E-state index is 13.9. The molecular weight excluding hydrogens is 540 g/mol. The lowest BCUT2D eigenvalue weighted by Gasteiger charge is -2.32. The lowest BCUT2D eigenvalue weighted by molar-refractivity contribution is -0.143. The Balaban J connectivity index is 1.45. The van der Waals surface area contributed by atoms with E-state index in [4.69, 9.17) is 14.2 Å². The Kier molecular flexibility index (Phi) is 9.46. The molecule has 226 valence electrons. The second-order valence-electron chi connectivity index (χ2n) is 11.2. The van der Waals surface area contributed by atoms with Crippen molar-refractivity contribution in [3.8, 4) is 17.2 Å². The van der Waals surface area contributed by atoms with E-state index in [-0.39, 0.29) is 25.2 Å². The zero-order chi connectivity index (χ0) is 29.6. The summed E-state index contributed by atoms with van der Waals surface area (Å²) in [7, 11) is 1.54. The average Bonchev–Trinajstić information content (AvgIpc) is 3.62. The molecule has 11 heteroatoms. The summed E-state index contributed by atoms with van der Waals surface area (Å²) in [5.41, 5.74) is 1.48. The van der Waals surface area contributed by atoms with Crippen molar-refractivity contribution in [2.75, 3.05) is 51.5 Å². The molecule has 4 heterocycles. The van der Waals surface area contributed by atoms with Gasteiger partial charge in [-0.15, -0.1) is 0 Å². The summed E-state index contributed by atoms with van der Waals surface area (Å²) in [6.45, 7) is 4.24. The fourth-order valence-electron chi connectivity index (χ4n) is 6.43. The summed E-state index contributed by atoms with van der Waals surface area (Å²) < 4.78 is 16.7. The minimum Gasteiger partial charge on any atom is -0.493 e. The monoisotopic (exact) mass is 580 g/mol. The third-order valence-electron chi connectivity index (χ3n) is 8.59. The van der Waals surface area contributed by atoms with Gasteiger partial charge in [-0.3, -0.25) is 24.3 Å². The number of piperidine rings is 1. The van der Waals surface area contributed by atoms with E-state index in [9.17, 15) is 19.5 Å². The molecule has 5 rings (SSSR count). The van der Waals surface area contributed by atoms with Crippen LogP contribution in [0.15, 0.2) is 36.7 Å². The van der Waals surface area contributed by atoms with Crippen molar-refractivity contribution in [2.24, 2.45) is 5.92 Å². The van der Waals surface area contributed by atoms with E-state index < -0.39 is 23.8 Å². The highest BCUT2D eigenvalue weighted by atomic mass is 16.7. The summed E-state index contributed by atoms with van der Waals surface area (Å²) in [6.07, 6.45) is 7.91. The normalized spacial score (nSPS) is 21.9. The lowest BCUT2D eigenvalue weighted by atomic mass is 9.84. The van der Waals surface area contributed by atoms with E-state index in [2.05, 4.69) is 11.9 Å². The summed E-state index contributed by atoms with van der Waals surface area (Å²) >= 11 is 0. The van der Waals surface area contributed by atoms with Crippen LogP contribution < -0.4 is 19.1 Å². The van der Waals surface area contributed by atoms with Gasteiger partial charge in [0, 0.05) is 50.8 Å². The van der Waals surface area contributed by atoms with Crippen LogP contribution in [-0.4, -0.2) is 90.3 Å². The number of anilines is 1. The number of carbonyl (C=O) groups is 3. The number of ether oxygens (including phenoxy) is 3. The van der Waals surface area contributed by atoms with Gasteiger partial charge in [0.15, 0.2) is 11.5 Å². The van der Waals surface area contributed by atoms with Crippen LogP contribution in [-0.2, 0) is 14.4 Å². The second kappa shape index (κ2) is 13.4. The molecule has 0 radical (unpaired) electrons. The van der Waals surface area contributed by atoms with Crippen LogP contribution in [0.3, 0.4) is 0 Å². The van der Waals surface area contributed by atoms with Crippen LogP contribution in [0.1, 0.15) is 56.9 Å². The highest BCUT2D eigenvalue weighted by Gasteiger charge is 2.48. The first kappa shape index (κ1) is 29.6. The van der Waals surface area contributed by atoms with Crippen LogP contribution in [0.2, 0.25) is 0 Å². The fourth-order valence-corrected chi connectivity index (χ4v) is 6.43. The quantitative estimate of drug-likeness (QED) is 0.402. The number of unbranched alkanes of at least 4 members (excludes halogenated alkanes) is 1. The van der Waals surface area contributed by atoms with Crippen molar-refractivity contribution in [3.05, 3.63) is 42.2 Å². The van der Waals surface area contributed by atoms with Crippen molar-refractivity contribution in [1.82, 2.24) is 14.8 Å². The predicted molar refractivity (Wildman–Crippen MR) is 155 cm³/mol. The van der Waals surface area contributed by atoms with Gasteiger partial charge in [-0.05, 0) is 55.5 Å². The molecule has 2 aromatic rings. The van der Waals surface area contributed by atoms with Crippen molar-refractivity contribution >= 4 is 23.5 Å². The number of benzene rings is 1. The Labute approximate surface area is 246 Å². The number of amides is 2. The molecule has 1 N–H and O–H groups in total. The molecule has 3 aliphatic rings. The van der Waals surface area contributed by atoms with Crippen LogP contribution in [0.25, 0.3) is 0 Å². The number of methoxy groups -OCH3 is 1. The van der Waals surface area contributed by atoms with Gasteiger partial charge in [-0.2, -0.15) is 0 Å². The number of pyridine rings is 1. The Hall–Kier alpha value is -3.86. The van der Waals surface area contributed by atoms with Gasteiger partial charge in [0.25, 0.3) is 0 Å². The van der Waals surface area contributed by atoms with Crippen LogP contribution in [0, 0.1) is 5.92 Å². The molecule has 0 unspecified atom stereocenters. The number of fused-ring (bicyclic) bond motifs is 1. The number of nitrogens with zero attached hydrogens (tertiary/aromatic N) is 4. The van der Waals surface area contributed by atoms with Crippen LogP contribution >= 0.6 is 0 Å². The summed E-state index contributed by atoms with van der Waals surface area (Å²) in [5, 5.41) is 10.6. The molecule has 0 bridgehead atoms. The average molecular weight is 581 g/mol. The van der Waals surface area contributed by atoms with Crippen LogP contribution in [0.5, 0.6) is 17.2 Å². The summed E-state index contributed by atoms with van der Waals surface area (Å²) in [5.74, 6) is -0.666. The molecule has 2 saturated heterocycles. The number of aliphatic carboxylic acids is 1. The van der Waals surface area contributed by atoms with Crippen LogP contribution in [0.4, 0.5) is 5.69 Å². The van der Waals surface area contributed by atoms with E-state index >= 15 is 0 Å². The first-order chi connectivity index (χ1) is 20.4.